The third-order valence-corrected chi connectivity index (χ3v) is 2.29. The van der Waals surface area contributed by atoms with E-state index in [-0.39, 0.29) is 0 Å². The van der Waals surface area contributed by atoms with Gasteiger partial charge in [-0.15, -0.1) is 0 Å². The molecule has 1 N–H and O–H groups in total. The summed E-state index contributed by atoms with van der Waals surface area (Å²) in [5.74, 6) is 0. The molecule has 0 unspecified atom stereocenters. The van der Waals surface area contributed by atoms with Crippen LogP contribution in [0.5, 0.6) is 0 Å². The predicted molar refractivity (Wildman–Crippen MR) is 49.4 cm³/mol. The Balaban J connectivity index is 2.09. The summed E-state index contributed by atoms with van der Waals surface area (Å²) in [6.45, 7) is 2.17. The van der Waals surface area contributed by atoms with Crippen LogP contribution in [0.15, 0.2) is 12.3 Å². The molecule has 0 aromatic heterocycles. The van der Waals surface area contributed by atoms with Gasteiger partial charge in [-0.2, -0.15) is 0 Å². The van der Waals surface area contributed by atoms with Gasteiger partial charge in [-0.1, -0.05) is 32.3 Å². The third-order valence-electron chi connectivity index (χ3n) is 2.29. The highest BCUT2D eigenvalue weighted by Gasteiger charge is 2.10. The fraction of sp³-hybridized carbons (Fsp3) is 0.800. The van der Waals surface area contributed by atoms with Crippen molar-refractivity contribution in [3.8, 4) is 0 Å². The second-order valence-electron chi connectivity index (χ2n) is 3.31. The molecule has 0 aromatic rings. The lowest BCUT2D eigenvalue weighted by Crippen LogP contribution is -2.26. The Bertz CT molecular complexity index is 112. The molecule has 0 spiro atoms. The minimum Gasteiger partial charge on any atom is -0.388 e. The number of hydrogen-bond acceptors (Lipinski definition) is 1. The molecule has 0 saturated heterocycles. The van der Waals surface area contributed by atoms with Gasteiger partial charge in [0, 0.05) is 6.04 Å². The summed E-state index contributed by atoms with van der Waals surface area (Å²) in [7, 11) is 0. The van der Waals surface area contributed by atoms with Crippen molar-refractivity contribution < 1.29 is 0 Å². The molecule has 0 amide bonds. The maximum Gasteiger partial charge on any atom is 0.0255 e. The lowest BCUT2D eigenvalue weighted by Gasteiger charge is -2.21. The zero-order chi connectivity index (χ0) is 7.94. The first-order valence-electron chi connectivity index (χ1n) is 4.84. The Kier molecular flexibility index (Phi) is 4.10. The van der Waals surface area contributed by atoms with E-state index in [1.807, 2.05) is 0 Å². The molecule has 1 nitrogen and oxygen atoms in total. The van der Waals surface area contributed by atoms with Gasteiger partial charge in [0.1, 0.15) is 0 Å². The van der Waals surface area contributed by atoms with Gasteiger partial charge in [0.2, 0.25) is 0 Å². The van der Waals surface area contributed by atoms with Crippen LogP contribution in [0.1, 0.15) is 45.4 Å². The van der Waals surface area contributed by atoms with Gasteiger partial charge in [-0.25, -0.2) is 0 Å². The summed E-state index contributed by atoms with van der Waals surface area (Å²) in [5, 5.41) is 3.44. The van der Waals surface area contributed by atoms with Gasteiger partial charge in [0.15, 0.2) is 0 Å². The second kappa shape index (κ2) is 5.22. The fourth-order valence-corrected chi connectivity index (χ4v) is 1.59. The molecule has 1 aliphatic rings. The van der Waals surface area contributed by atoms with Crippen molar-refractivity contribution in [3.05, 3.63) is 12.3 Å². The van der Waals surface area contributed by atoms with Crippen LogP contribution in [0, 0.1) is 0 Å². The molecule has 0 radical (unpaired) electrons. The van der Waals surface area contributed by atoms with Crippen molar-refractivity contribution in [2.75, 3.05) is 0 Å². The molecule has 1 heteroatoms. The van der Waals surface area contributed by atoms with Crippen LogP contribution in [-0.4, -0.2) is 6.04 Å². The maximum absolute atomic E-state index is 3.44. The Morgan fingerprint density at radius 1 is 1.27 bits per heavy atom. The van der Waals surface area contributed by atoms with Gasteiger partial charge >= 0.3 is 0 Å². The largest absolute Gasteiger partial charge is 0.388 e. The molecule has 11 heavy (non-hydrogen) atoms. The van der Waals surface area contributed by atoms with Gasteiger partial charge in [0.05, 0.1) is 0 Å². The molecule has 1 fully saturated rings. The number of hydrogen-bond donors (Lipinski definition) is 1. The summed E-state index contributed by atoms with van der Waals surface area (Å²) in [6, 6.07) is 0.770. The molecule has 1 rings (SSSR count). The van der Waals surface area contributed by atoms with Crippen LogP contribution in [0.2, 0.25) is 0 Å². The highest BCUT2D eigenvalue weighted by atomic mass is 14.9. The quantitative estimate of drug-likeness (QED) is 0.657. The van der Waals surface area contributed by atoms with Gasteiger partial charge in [0.25, 0.3) is 0 Å². The van der Waals surface area contributed by atoms with Gasteiger partial charge in [-0.05, 0) is 25.5 Å². The van der Waals surface area contributed by atoms with Crippen molar-refractivity contribution in [2.24, 2.45) is 0 Å². The molecule has 0 atom stereocenters. The smallest absolute Gasteiger partial charge is 0.0255 e. The average Bonchev–Trinajstić information content (AvgIpc) is 2.07. The molecule has 0 aliphatic heterocycles. The highest BCUT2D eigenvalue weighted by molar-refractivity contribution is 4.83. The molecule has 0 bridgehead atoms. The zero-order valence-corrected chi connectivity index (χ0v) is 7.47. The summed E-state index contributed by atoms with van der Waals surface area (Å²) < 4.78 is 0. The molecule has 64 valence electrons. The van der Waals surface area contributed by atoms with E-state index in [1.165, 1.54) is 32.1 Å². The van der Waals surface area contributed by atoms with E-state index in [0.717, 1.165) is 12.5 Å². The molecule has 0 aromatic carbocycles. The van der Waals surface area contributed by atoms with Crippen molar-refractivity contribution in [1.29, 1.82) is 0 Å². The van der Waals surface area contributed by atoms with Crippen molar-refractivity contribution in [2.45, 2.75) is 51.5 Å². The maximum atomic E-state index is 3.44. The van der Waals surface area contributed by atoms with Crippen molar-refractivity contribution >= 4 is 0 Å². The first kappa shape index (κ1) is 8.63. The molecule has 0 heterocycles. The summed E-state index contributed by atoms with van der Waals surface area (Å²) in [6.07, 6.45) is 12.5. The van der Waals surface area contributed by atoms with E-state index in [1.54, 1.807) is 0 Å². The van der Waals surface area contributed by atoms with Gasteiger partial charge in [-0.3, -0.25) is 0 Å². The summed E-state index contributed by atoms with van der Waals surface area (Å²) in [5.41, 5.74) is 0. The first-order chi connectivity index (χ1) is 5.43. The Labute approximate surface area is 69.9 Å². The average molecular weight is 153 g/mol. The van der Waals surface area contributed by atoms with Crippen molar-refractivity contribution in [1.82, 2.24) is 5.32 Å². The first-order valence-corrected chi connectivity index (χ1v) is 4.84. The second-order valence-corrected chi connectivity index (χ2v) is 3.31. The van der Waals surface area contributed by atoms with Crippen LogP contribution in [0.3, 0.4) is 0 Å². The Hall–Kier alpha value is -0.460. The lowest BCUT2D eigenvalue weighted by molar-refractivity contribution is 0.404. The standard InChI is InChI=1S/C10H19N/c1-2-3-9-11-10-7-5-4-6-8-10/h3,9-11H,2,4-8H2,1H3/b9-3-. The zero-order valence-electron chi connectivity index (χ0n) is 7.47. The SMILES string of the molecule is CC/C=C\NC1CCCCC1. The van der Waals surface area contributed by atoms with Gasteiger partial charge < -0.3 is 5.32 Å². The minimum atomic E-state index is 0.770. The summed E-state index contributed by atoms with van der Waals surface area (Å²) in [4.78, 5) is 0. The third kappa shape index (κ3) is 3.45. The van der Waals surface area contributed by atoms with E-state index >= 15 is 0 Å². The Morgan fingerprint density at radius 3 is 2.64 bits per heavy atom. The van der Waals surface area contributed by atoms with Crippen LogP contribution >= 0.6 is 0 Å². The Morgan fingerprint density at radius 2 is 2.00 bits per heavy atom. The van der Waals surface area contributed by atoms with E-state index in [4.69, 9.17) is 0 Å². The van der Waals surface area contributed by atoms with E-state index < -0.39 is 0 Å². The highest BCUT2D eigenvalue weighted by Crippen LogP contribution is 2.17. The molecular weight excluding hydrogens is 134 g/mol. The molecule has 1 aliphatic carbocycles. The molecular formula is C10H19N. The number of rotatable bonds is 3. The van der Waals surface area contributed by atoms with Crippen LogP contribution in [0.25, 0.3) is 0 Å². The minimum absolute atomic E-state index is 0.770. The predicted octanol–water partition coefficient (Wildman–Crippen LogP) is 2.83. The number of allylic oxidation sites excluding steroid dienone is 1. The van der Waals surface area contributed by atoms with E-state index in [9.17, 15) is 0 Å². The lowest BCUT2D eigenvalue weighted by atomic mass is 9.96. The number of nitrogens with one attached hydrogen (secondary N) is 1. The topological polar surface area (TPSA) is 12.0 Å². The normalized spacial score (nSPS) is 20.8. The molecule has 1 saturated carbocycles. The van der Waals surface area contributed by atoms with E-state index in [0.29, 0.717) is 0 Å². The van der Waals surface area contributed by atoms with E-state index in [2.05, 4.69) is 24.5 Å². The summed E-state index contributed by atoms with van der Waals surface area (Å²) >= 11 is 0. The van der Waals surface area contributed by atoms with Crippen LogP contribution in [0.4, 0.5) is 0 Å². The monoisotopic (exact) mass is 153 g/mol. The van der Waals surface area contributed by atoms with Crippen LogP contribution in [-0.2, 0) is 0 Å². The van der Waals surface area contributed by atoms with Crippen LogP contribution < -0.4 is 5.32 Å². The van der Waals surface area contributed by atoms with Crippen molar-refractivity contribution in [3.63, 3.8) is 0 Å². The fourth-order valence-electron chi connectivity index (χ4n) is 1.59.